The fourth-order valence-corrected chi connectivity index (χ4v) is 4.37. The zero-order valence-corrected chi connectivity index (χ0v) is 14.7. The molecule has 112 valence electrons. The van der Waals surface area contributed by atoms with Gasteiger partial charge in [-0.05, 0) is 12.1 Å². The molecule has 0 aliphatic rings. The fraction of sp³-hybridized carbons (Fsp3) is 0.0833. The molecule has 0 saturated carbocycles. The minimum atomic E-state index is -3.75. The normalized spacial score (nSPS) is 11.7. The maximum Gasteiger partial charge on any atom is 0.199 e. The van der Waals surface area contributed by atoms with Crippen molar-refractivity contribution in [2.45, 2.75) is 10.8 Å². The Hall–Kier alpha value is -0.230. The van der Waals surface area contributed by atoms with Crippen molar-refractivity contribution in [2.75, 3.05) is 0 Å². The summed E-state index contributed by atoms with van der Waals surface area (Å²) in [4.78, 5) is 3.80. The molecule has 0 N–H and O–H groups in total. The minimum absolute atomic E-state index is 0.0210. The summed E-state index contributed by atoms with van der Waals surface area (Å²) < 4.78 is 24.6. The van der Waals surface area contributed by atoms with Gasteiger partial charge in [-0.25, -0.2) is 13.4 Å². The van der Waals surface area contributed by atoms with Crippen LogP contribution in [0.5, 0.6) is 0 Å². The average molecular weight is 406 g/mol. The zero-order valence-electron chi connectivity index (χ0n) is 10.1. The van der Waals surface area contributed by atoms with Gasteiger partial charge < -0.3 is 0 Å². The molecule has 3 nitrogen and oxygen atoms in total. The van der Waals surface area contributed by atoms with E-state index >= 15 is 0 Å². The second-order valence-corrected chi connectivity index (χ2v) is 7.80. The molecule has 2 rings (SSSR count). The highest BCUT2D eigenvalue weighted by molar-refractivity contribution is 7.90. The molecule has 0 aliphatic heterocycles. The second-order valence-electron chi connectivity index (χ2n) is 3.98. The Morgan fingerprint density at radius 2 is 1.38 bits per heavy atom. The molecule has 1 heterocycles. The Kier molecular flexibility index (Phi) is 5.29. The molecule has 0 unspecified atom stereocenters. The first-order chi connectivity index (χ1) is 9.75. The molecule has 0 aliphatic carbocycles. The van der Waals surface area contributed by atoms with Gasteiger partial charge in [0.05, 0.1) is 30.9 Å². The van der Waals surface area contributed by atoms with Crippen molar-refractivity contribution in [1.29, 1.82) is 0 Å². The van der Waals surface area contributed by atoms with Gasteiger partial charge in [0.1, 0.15) is 0 Å². The van der Waals surface area contributed by atoms with Crippen LogP contribution in [-0.2, 0) is 15.6 Å². The molecule has 0 bridgehead atoms. The van der Waals surface area contributed by atoms with Crippen LogP contribution in [0.3, 0.4) is 0 Å². The van der Waals surface area contributed by atoms with Gasteiger partial charge in [-0.15, -0.1) is 0 Å². The Morgan fingerprint density at radius 3 is 1.86 bits per heavy atom. The van der Waals surface area contributed by atoms with Gasteiger partial charge in [-0.2, -0.15) is 0 Å². The number of nitrogens with zero attached hydrogens (tertiary/aromatic N) is 1. The topological polar surface area (TPSA) is 47.0 Å². The molecule has 1 aromatic carbocycles. The van der Waals surface area contributed by atoms with E-state index in [9.17, 15) is 8.42 Å². The van der Waals surface area contributed by atoms with Gasteiger partial charge in [-0.1, -0.05) is 64.1 Å². The van der Waals surface area contributed by atoms with Crippen LogP contribution in [0, 0.1) is 0 Å². The number of pyridine rings is 1. The highest BCUT2D eigenvalue weighted by Gasteiger charge is 2.25. The molecule has 0 spiro atoms. The van der Waals surface area contributed by atoms with E-state index < -0.39 is 15.6 Å². The first kappa shape index (κ1) is 17.1. The lowest BCUT2D eigenvalue weighted by Gasteiger charge is -2.12. The zero-order chi connectivity index (χ0) is 15.8. The molecule has 2 aromatic rings. The van der Waals surface area contributed by atoms with E-state index in [-0.39, 0.29) is 35.7 Å². The predicted molar refractivity (Wildman–Crippen MR) is 86.6 cm³/mol. The standard InChI is InChI=1S/C12H6Cl5NO2S/c13-8-6(9(14)11(16)12(17)10(8)15)5-21(19,20)7-3-1-2-4-18-7/h1-4H,5H2. The van der Waals surface area contributed by atoms with Crippen LogP contribution in [0.25, 0.3) is 0 Å². The lowest BCUT2D eigenvalue weighted by Crippen LogP contribution is -2.08. The quantitative estimate of drug-likeness (QED) is 0.513. The highest BCUT2D eigenvalue weighted by Crippen LogP contribution is 2.44. The Balaban J connectivity index is 2.55. The summed E-state index contributed by atoms with van der Waals surface area (Å²) in [7, 11) is -3.75. The van der Waals surface area contributed by atoms with Gasteiger partial charge in [0.2, 0.25) is 0 Å². The monoisotopic (exact) mass is 403 g/mol. The third kappa shape index (κ3) is 3.41. The fourth-order valence-electron chi connectivity index (χ4n) is 1.57. The lowest BCUT2D eigenvalue weighted by molar-refractivity contribution is 0.591. The van der Waals surface area contributed by atoms with Crippen molar-refractivity contribution in [3.63, 3.8) is 0 Å². The number of halogens is 5. The summed E-state index contributed by atoms with van der Waals surface area (Å²) in [5.74, 6) is -0.488. The summed E-state index contributed by atoms with van der Waals surface area (Å²) in [5, 5.41) is -0.296. The summed E-state index contributed by atoms with van der Waals surface area (Å²) in [5.41, 5.74) is 0.0865. The van der Waals surface area contributed by atoms with Crippen LogP contribution in [0.15, 0.2) is 29.4 Å². The third-order valence-corrected chi connectivity index (χ3v) is 6.49. The molecule has 0 radical (unpaired) electrons. The van der Waals surface area contributed by atoms with E-state index in [4.69, 9.17) is 58.0 Å². The van der Waals surface area contributed by atoms with Crippen molar-refractivity contribution in [1.82, 2.24) is 4.98 Å². The minimum Gasteiger partial charge on any atom is -0.245 e. The van der Waals surface area contributed by atoms with Crippen molar-refractivity contribution in [2.24, 2.45) is 0 Å². The van der Waals surface area contributed by atoms with E-state index in [1.165, 1.54) is 12.3 Å². The van der Waals surface area contributed by atoms with Gasteiger partial charge >= 0.3 is 0 Å². The maximum absolute atomic E-state index is 12.3. The molecule has 0 atom stereocenters. The third-order valence-electron chi connectivity index (χ3n) is 2.59. The molecule has 21 heavy (non-hydrogen) atoms. The predicted octanol–water partition coefficient (Wildman–Crippen LogP) is 5.32. The maximum atomic E-state index is 12.3. The Bertz CT molecular complexity index is 764. The van der Waals surface area contributed by atoms with Crippen LogP contribution >= 0.6 is 58.0 Å². The molecule has 0 saturated heterocycles. The number of sulfone groups is 1. The van der Waals surface area contributed by atoms with Crippen LogP contribution in [0.2, 0.25) is 25.1 Å². The molecule has 9 heteroatoms. The smallest absolute Gasteiger partial charge is 0.199 e. The van der Waals surface area contributed by atoms with Gasteiger partial charge in [0.25, 0.3) is 0 Å². The first-order valence-electron chi connectivity index (χ1n) is 5.40. The van der Waals surface area contributed by atoms with Crippen molar-refractivity contribution in [3.8, 4) is 0 Å². The number of hydrogen-bond acceptors (Lipinski definition) is 3. The molecular weight excluding hydrogens is 399 g/mol. The summed E-state index contributed by atoms with van der Waals surface area (Å²) in [6.07, 6.45) is 1.37. The van der Waals surface area contributed by atoms with Gasteiger partial charge in [0.15, 0.2) is 14.9 Å². The van der Waals surface area contributed by atoms with Crippen molar-refractivity contribution >= 4 is 67.8 Å². The number of rotatable bonds is 3. The lowest BCUT2D eigenvalue weighted by atomic mass is 10.2. The summed E-state index contributed by atoms with van der Waals surface area (Å²) >= 11 is 29.7. The summed E-state index contributed by atoms with van der Waals surface area (Å²) in [6.45, 7) is 0. The molecule has 0 amide bonds. The number of benzene rings is 1. The van der Waals surface area contributed by atoms with E-state index in [0.717, 1.165) is 0 Å². The van der Waals surface area contributed by atoms with Crippen molar-refractivity contribution < 1.29 is 8.42 Å². The van der Waals surface area contributed by atoms with Crippen molar-refractivity contribution in [3.05, 3.63) is 55.1 Å². The largest absolute Gasteiger partial charge is 0.245 e. The van der Waals surface area contributed by atoms with Crippen LogP contribution in [0.1, 0.15) is 5.56 Å². The van der Waals surface area contributed by atoms with Crippen LogP contribution < -0.4 is 0 Å². The SMILES string of the molecule is O=S(=O)(Cc1c(Cl)c(Cl)c(Cl)c(Cl)c1Cl)c1ccccn1. The number of hydrogen-bond donors (Lipinski definition) is 0. The molecule has 1 aromatic heterocycles. The van der Waals surface area contributed by atoms with Crippen LogP contribution in [0.4, 0.5) is 0 Å². The first-order valence-corrected chi connectivity index (χ1v) is 8.94. The average Bonchev–Trinajstić information content (AvgIpc) is 2.48. The van der Waals surface area contributed by atoms with E-state index in [1.54, 1.807) is 12.1 Å². The Labute approximate surface area is 146 Å². The summed E-state index contributed by atoms with van der Waals surface area (Å²) in [6, 6.07) is 4.54. The second kappa shape index (κ2) is 6.49. The van der Waals surface area contributed by atoms with Gasteiger partial charge in [-0.3, -0.25) is 0 Å². The van der Waals surface area contributed by atoms with E-state index in [1.807, 2.05) is 0 Å². The molecular formula is C12H6Cl5NO2S. The van der Waals surface area contributed by atoms with E-state index in [0.29, 0.717) is 0 Å². The highest BCUT2D eigenvalue weighted by atomic mass is 35.5. The Morgan fingerprint density at radius 1 is 0.857 bits per heavy atom. The van der Waals surface area contributed by atoms with Crippen LogP contribution in [-0.4, -0.2) is 13.4 Å². The number of aromatic nitrogens is 1. The van der Waals surface area contributed by atoms with Gasteiger partial charge in [0, 0.05) is 11.8 Å². The van der Waals surface area contributed by atoms with E-state index in [2.05, 4.69) is 4.98 Å². The molecule has 0 fully saturated rings.